The van der Waals surface area contributed by atoms with Crippen molar-refractivity contribution in [3.63, 3.8) is 0 Å². The summed E-state index contributed by atoms with van der Waals surface area (Å²) in [5.74, 6) is -4.58. The van der Waals surface area contributed by atoms with Crippen molar-refractivity contribution < 1.29 is 38.4 Å². The minimum Gasteiger partial charge on any atom is -0.370 e. The second-order valence-corrected chi connectivity index (χ2v) is 15.3. The van der Waals surface area contributed by atoms with Gasteiger partial charge < -0.3 is 38.1 Å². The van der Waals surface area contributed by atoms with Gasteiger partial charge in [0.15, 0.2) is 5.78 Å². The van der Waals surface area contributed by atoms with Gasteiger partial charge in [0.25, 0.3) is 5.91 Å². The number of nitrogens with two attached hydrogens (primary N) is 2. The summed E-state index contributed by atoms with van der Waals surface area (Å²) in [6, 6.07) is 11.5. The third-order valence-electron chi connectivity index (χ3n) is 10.6. The summed E-state index contributed by atoms with van der Waals surface area (Å²) in [5.41, 5.74) is 17.8. The van der Waals surface area contributed by atoms with Crippen LogP contribution in [-0.2, 0) is 40.0 Å². The van der Waals surface area contributed by atoms with E-state index in [4.69, 9.17) is 11.5 Å². The van der Waals surface area contributed by atoms with Crippen LogP contribution in [0, 0.1) is 5.92 Å². The van der Waals surface area contributed by atoms with Gasteiger partial charge in [0.2, 0.25) is 35.4 Å². The second kappa shape index (κ2) is 24.9. The summed E-state index contributed by atoms with van der Waals surface area (Å²) in [7, 11) is 0. The van der Waals surface area contributed by atoms with Crippen LogP contribution in [0.2, 0.25) is 0 Å². The minimum absolute atomic E-state index is 0.0649. The molecule has 0 aromatic heterocycles. The lowest BCUT2D eigenvalue weighted by Crippen LogP contribution is -2.57. The van der Waals surface area contributed by atoms with E-state index in [-0.39, 0.29) is 43.9 Å². The highest BCUT2D eigenvalue weighted by Gasteiger charge is 2.32. The molecular weight excluding hydrogens is 771 g/mol. The zero-order valence-electron chi connectivity index (χ0n) is 34.0. The number of ketones is 1. The summed E-state index contributed by atoms with van der Waals surface area (Å²) < 4.78 is 0. The molecule has 4 rings (SSSR count). The van der Waals surface area contributed by atoms with Crippen LogP contribution in [0.5, 0.6) is 0 Å². The van der Waals surface area contributed by atoms with Crippen LogP contribution in [0.4, 0.5) is 0 Å². The van der Waals surface area contributed by atoms with Gasteiger partial charge in [0.05, 0.1) is 6.04 Å². The molecule has 0 saturated heterocycles. The van der Waals surface area contributed by atoms with Crippen LogP contribution in [0.1, 0.15) is 98.5 Å². The smallest absolute Gasteiger partial charge is 0.258 e. The first-order valence-electron chi connectivity index (χ1n) is 20.8. The van der Waals surface area contributed by atoms with E-state index in [1.165, 1.54) is 0 Å². The first-order chi connectivity index (χ1) is 28.9. The number of carbonyl (C=O) groups excluding carboxylic acids is 8. The highest BCUT2D eigenvalue weighted by Crippen LogP contribution is 2.27. The largest absolute Gasteiger partial charge is 0.370 e. The van der Waals surface area contributed by atoms with Crippen molar-refractivity contribution in [2.45, 2.75) is 108 Å². The molecule has 1 saturated carbocycles. The number of primary amides is 2. The Morgan fingerprint density at radius 2 is 1.27 bits per heavy atom. The number of carbonyl (C=O) groups is 8. The third kappa shape index (κ3) is 16.4. The quantitative estimate of drug-likeness (QED) is 0.149. The molecule has 4 atom stereocenters. The standard InChI is InChI=1S/C43H59N9O8/c44-36(53)20-19-33-42(59)51-35(26-28-10-3-1-4-11-28)43(60)50-34(27-29-15-17-31(18-16-29)39(56)30-12-5-2-6-13-30)41(58)47-24-8-7-23-46-32(40(45)57)14-9-25-48-52-38(55)22-21-37(54)49-33/h2,5-6,12-13,15-18,21-22,28,32-35,46,48H,1,3-4,7-11,14,19-20,23-27H2,(H2,44,53)(H2,45,57)(H,47,58)(H,49,54)(H,50,60)(H,51,59)(H,52,55)/b22-21-/t32?,33-,34+,35-/m0/s1. The second-order valence-electron chi connectivity index (χ2n) is 15.3. The Hall–Kier alpha value is -5.94. The Balaban J connectivity index is 1.60. The Bertz CT molecular complexity index is 1820. The molecule has 17 nitrogen and oxygen atoms in total. The third-order valence-corrected chi connectivity index (χ3v) is 10.6. The number of hydrogen-bond donors (Lipinski definition) is 9. The highest BCUT2D eigenvalue weighted by molar-refractivity contribution is 6.09. The maximum Gasteiger partial charge on any atom is 0.258 e. The number of rotatable bonds is 10. The average Bonchev–Trinajstić information content (AvgIpc) is 3.24. The highest BCUT2D eigenvalue weighted by atomic mass is 16.2. The minimum atomic E-state index is -1.30. The fourth-order valence-electron chi connectivity index (χ4n) is 7.24. The van der Waals surface area contributed by atoms with Gasteiger partial charge >= 0.3 is 0 Å². The van der Waals surface area contributed by atoms with Gasteiger partial charge in [-0.25, -0.2) is 5.43 Å². The van der Waals surface area contributed by atoms with Crippen LogP contribution < -0.4 is 48.9 Å². The summed E-state index contributed by atoms with van der Waals surface area (Å²) in [6.07, 6.45) is 8.45. The van der Waals surface area contributed by atoms with Crippen LogP contribution in [-0.4, -0.2) is 90.9 Å². The molecule has 1 heterocycles. The van der Waals surface area contributed by atoms with Gasteiger partial charge in [-0.3, -0.25) is 43.8 Å². The lowest BCUT2D eigenvalue weighted by Gasteiger charge is -2.29. The normalized spacial score (nSPS) is 23.2. The summed E-state index contributed by atoms with van der Waals surface area (Å²) in [4.78, 5) is 104. The topological polar surface area (TPSA) is 273 Å². The van der Waals surface area contributed by atoms with Crippen LogP contribution in [0.25, 0.3) is 0 Å². The molecule has 0 radical (unpaired) electrons. The molecule has 1 fully saturated rings. The van der Waals surface area contributed by atoms with Gasteiger partial charge in [-0.1, -0.05) is 86.7 Å². The lowest BCUT2D eigenvalue weighted by atomic mass is 9.84. The van der Waals surface area contributed by atoms with Crippen molar-refractivity contribution in [3.8, 4) is 0 Å². The average molecular weight is 830 g/mol. The first-order valence-corrected chi connectivity index (χ1v) is 20.8. The van der Waals surface area contributed by atoms with E-state index in [0.29, 0.717) is 55.5 Å². The Morgan fingerprint density at radius 1 is 0.617 bits per heavy atom. The fourth-order valence-corrected chi connectivity index (χ4v) is 7.24. The van der Waals surface area contributed by atoms with Crippen LogP contribution in [0.15, 0.2) is 66.7 Å². The van der Waals surface area contributed by atoms with Gasteiger partial charge in [-0.2, -0.15) is 0 Å². The molecule has 324 valence electrons. The zero-order valence-corrected chi connectivity index (χ0v) is 34.0. The van der Waals surface area contributed by atoms with E-state index in [2.05, 4.69) is 37.4 Å². The van der Waals surface area contributed by atoms with Gasteiger partial charge in [0, 0.05) is 49.2 Å². The zero-order chi connectivity index (χ0) is 43.3. The van der Waals surface area contributed by atoms with Crippen molar-refractivity contribution in [1.82, 2.24) is 37.4 Å². The summed E-state index contributed by atoms with van der Waals surface area (Å²) in [5, 5.41) is 14.2. The fraction of sp³-hybridized carbons (Fsp3) is 0.488. The van der Waals surface area contributed by atoms with Gasteiger partial charge in [-0.15, -0.1) is 0 Å². The van der Waals surface area contributed by atoms with E-state index >= 15 is 0 Å². The van der Waals surface area contributed by atoms with Gasteiger partial charge in [-0.05, 0) is 56.6 Å². The molecule has 0 bridgehead atoms. The Morgan fingerprint density at radius 3 is 1.97 bits per heavy atom. The number of benzene rings is 2. The number of nitrogens with one attached hydrogen (secondary N) is 7. The molecule has 7 amide bonds. The van der Waals surface area contributed by atoms with E-state index in [1.54, 1.807) is 48.5 Å². The van der Waals surface area contributed by atoms with Crippen molar-refractivity contribution in [3.05, 3.63) is 83.4 Å². The number of amides is 7. The monoisotopic (exact) mass is 829 g/mol. The predicted molar refractivity (Wildman–Crippen MR) is 223 cm³/mol. The van der Waals surface area contributed by atoms with E-state index in [1.807, 2.05) is 6.07 Å². The molecule has 1 unspecified atom stereocenters. The molecule has 2 aromatic carbocycles. The lowest BCUT2D eigenvalue weighted by molar-refractivity contribution is -0.134. The molecule has 1 aliphatic heterocycles. The Labute approximate surface area is 350 Å². The Kier molecular flexibility index (Phi) is 19.4. The predicted octanol–water partition coefficient (Wildman–Crippen LogP) is 0.461. The molecule has 2 aromatic rings. The SMILES string of the molecule is NC(=O)CC[C@@H]1NC(=O)/C=C\C(=O)NNCCCC(C(N)=O)NCCCCNC(=O)[C@@H](Cc2ccc(C(=O)c3ccccc3)cc2)NC(=O)[C@H](CC2CCCCC2)NC1=O. The van der Waals surface area contributed by atoms with Crippen LogP contribution in [0.3, 0.4) is 0 Å². The summed E-state index contributed by atoms with van der Waals surface area (Å²) >= 11 is 0. The summed E-state index contributed by atoms with van der Waals surface area (Å²) in [6.45, 7) is 1.00. The molecule has 11 N–H and O–H groups in total. The van der Waals surface area contributed by atoms with Crippen LogP contribution >= 0.6 is 0 Å². The number of hydrazine groups is 1. The van der Waals surface area contributed by atoms with Crippen molar-refractivity contribution in [1.29, 1.82) is 0 Å². The van der Waals surface area contributed by atoms with E-state index in [9.17, 15) is 38.4 Å². The van der Waals surface area contributed by atoms with Crippen molar-refractivity contribution in [2.75, 3.05) is 19.6 Å². The molecule has 60 heavy (non-hydrogen) atoms. The molecule has 1 aliphatic carbocycles. The van der Waals surface area contributed by atoms with Crippen molar-refractivity contribution in [2.24, 2.45) is 17.4 Å². The maximum atomic E-state index is 14.3. The number of hydrogen-bond acceptors (Lipinski definition) is 10. The maximum absolute atomic E-state index is 14.3. The molecule has 0 spiro atoms. The van der Waals surface area contributed by atoms with E-state index in [0.717, 1.165) is 44.3 Å². The molecular formula is C43H59N9O8. The van der Waals surface area contributed by atoms with Gasteiger partial charge in [0.1, 0.15) is 18.1 Å². The molecule has 17 heteroatoms. The molecule has 2 aliphatic rings. The van der Waals surface area contributed by atoms with Crippen molar-refractivity contribution >= 4 is 47.1 Å². The van der Waals surface area contributed by atoms with E-state index < -0.39 is 65.5 Å². The first kappa shape index (κ1) is 46.7.